The number of hydrogen-bond acceptors (Lipinski definition) is 8. The number of methoxy groups -OCH3 is 3. The molecule has 0 aliphatic carbocycles. The third-order valence-corrected chi connectivity index (χ3v) is 4.87. The smallest absolute Gasteiger partial charge is 0.364 e. The highest BCUT2D eigenvalue weighted by molar-refractivity contribution is 7.71. The minimum Gasteiger partial charge on any atom is -0.493 e. The summed E-state index contributed by atoms with van der Waals surface area (Å²) in [6.07, 6.45) is -0.231. The first-order valence-corrected chi connectivity index (χ1v) is 8.78. The summed E-state index contributed by atoms with van der Waals surface area (Å²) in [4.78, 5) is 12.9. The predicted molar refractivity (Wildman–Crippen MR) is 96.1 cm³/mol. The molecule has 2 aromatic rings. The van der Waals surface area contributed by atoms with E-state index in [1.165, 1.54) is 11.8 Å². The van der Waals surface area contributed by atoms with E-state index in [1.807, 2.05) is 0 Å². The molecular weight excluding hydrogens is 374 g/mol. The first-order valence-electron chi connectivity index (χ1n) is 8.37. The van der Waals surface area contributed by atoms with Gasteiger partial charge >= 0.3 is 5.97 Å². The molecule has 27 heavy (non-hydrogen) atoms. The van der Waals surface area contributed by atoms with Gasteiger partial charge in [-0.1, -0.05) is 0 Å². The minimum atomic E-state index is -0.574. The Kier molecular flexibility index (Phi) is 5.78. The van der Waals surface area contributed by atoms with Gasteiger partial charge in [-0.15, -0.1) is 5.10 Å². The lowest BCUT2D eigenvalue weighted by Crippen LogP contribution is -3.14. The van der Waals surface area contributed by atoms with Crippen molar-refractivity contribution in [3.8, 4) is 23.0 Å². The molecule has 10 heteroatoms. The Labute approximate surface area is 161 Å². The predicted octanol–water partition coefficient (Wildman–Crippen LogP) is 0.0384. The third kappa shape index (κ3) is 3.97. The Morgan fingerprint density at radius 1 is 1.37 bits per heavy atom. The van der Waals surface area contributed by atoms with Crippen molar-refractivity contribution < 1.29 is 33.4 Å². The second kappa shape index (κ2) is 8.07. The van der Waals surface area contributed by atoms with Gasteiger partial charge < -0.3 is 28.6 Å². The Morgan fingerprint density at radius 2 is 2.11 bits per heavy atom. The summed E-state index contributed by atoms with van der Waals surface area (Å²) >= 11 is 5.27. The van der Waals surface area contributed by atoms with Gasteiger partial charge in [0.25, 0.3) is 4.84 Å². The summed E-state index contributed by atoms with van der Waals surface area (Å²) in [6.45, 7) is 0.687. The molecule has 0 radical (unpaired) electrons. The van der Waals surface area contributed by atoms with Crippen LogP contribution in [0.25, 0.3) is 11.5 Å². The normalized spacial score (nSPS) is 21.9. The molecule has 1 aromatic carbocycles. The van der Waals surface area contributed by atoms with E-state index in [1.54, 1.807) is 32.4 Å². The summed E-state index contributed by atoms with van der Waals surface area (Å²) in [5.41, 5.74) is 0.679. The highest BCUT2D eigenvalue weighted by Crippen LogP contribution is 2.31. The number of aromatic nitrogens is 2. The van der Waals surface area contributed by atoms with Crippen LogP contribution in [0.1, 0.15) is 6.42 Å². The third-order valence-electron chi connectivity index (χ3n) is 4.57. The van der Waals surface area contributed by atoms with Crippen LogP contribution >= 0.6 is 12.2 Å². The van der Waals surface area contributed by atoms with E-state index < -0.39 is 12.1 Å². The highest BCUT2D eigenvalue weighted by Gasteiger charge is 2.41. The lowest BCUT2D eigenvalue weighted by molar-refractivity contribution is -0.928. The molecule has 0 amide bonds. The number of aliphatic hydroxyl groups excluding tert-OH is 1. The van der Waals surface area contributed by atoms with E-state index in [4.69, 9.17) is 30.8 Å². The standard InChI is InChI=1S/C17H21N3O6S/c1-23-13-5-4-10(6-14(13)24-2)15-18-20(17(27)26-15)9-19-8-11(21)7-12(19)16(22)25-3/h4-6,11-12,21H,7-9H2,1-3H3/p+1/t11-,12+/m1/s1. The van der Waals surface area contributed by atoms with Crippen LogP contribution in [0.3, 0.4) is 0 Å². The fourth-order valence-electron chi connectivity index (χ4n) is 3.23. The molecule has 0 bridgehead atoms. The number of nitrogens with zero attached hydrogens (tertiary/aromatic N) is 2. The average molecular weight is 396 g/mol. The second-order valence-corrected chi connectivity index (χ2v) is 6.58. The largest absolute Gasteiger partial charge is 0.493 e. The lowest BCUT2D eigenvalue weighted by atomic mass is 10.2. The molecule has 1 aliphatic rings. The summed E-state index contributed by atoms with van der Waals surface area (Å²) in [5, 5.41) is 14.3. The van der Waals surface area contributed by atoms with Crippen LogP contribution in [0.4, 0.5) is 0 Å². The maximum absolute atomic E-state index is 11.9. The fourth-order valence-corrected chi connectivity index (χ4v) is 3.42. The molecule has 1 fully saturated rings. The fraction of sp³-hybridized carbons (Fsp3) is 0.471. The monoisotopic (exact) mass is 396 g/mol. The molecule has 146 valence electrons. The van der Waals surface area contributed by atoms with E-state index in [2.05, 4.69) is 5.10 Å². The Morgan fingerprint density at radius 3 is 2.78 bits per heavy atom. The molecule has 3 atom stereocenters. The molecule has 1 unspecified atom stereocenters. The van der Waals surface area contributed by atoms with Crippen molar-refractivity contribution >= 4 is 18.2 Å². The lowest BCUT2D eigenvalue weighted by Gasteiger charge is -2.18. The number of likely N-dealkylation sites (tertiary alicyclic amines) is 1. The molecular formula is C17H22N3O6S+. The van der Waals surface area contributed by atoms with Crippen LogP contribution in [-0.4, -0.2) is 60.9 Å². The average Bonchev–Trinajstić information content (AvgIpc) is 3.23. The number of rotatable bonds is 6. The van der Waals surface area contributed by atoms with Crippen LogP contribution in [0.5, 0.6) is 11.5 Å². The van der Waals surface area contributed by atoms with Gasteiger partial charge in [-0.3, -0.25) is 0 Å². The number of quaternary nitrogens is 1. The Hall–Kier alpha value is -2.43. The Bertz CT molecular complexity index is 880. The first kappa shape index (κ1) is 19.3. The number of carbonyl (C=O) groups excluding carboxylic acids is 1. The van der Waals surface area contributed by atoms with Crippen molar-refractivity contribution in [2.45, 2.75) is 25.2 Å². The molecule has 1 aliphatic heterocycles. The number of ether oxygens (including phenoxy) is 3. The summed E-state index contributed by atoms with van der Waals surface area (Å²) in [5.74, 6) is 1.10. The minimum absolute atomic E-state index is 0.178. The molecule has 1 aromatic heterocycles. The number of esters is 1. The molecule has 2 N–H and O–H groups in total. The van der Waals surface area contributed by atoms with Gasteiger partial charge in [-0.05, 0) is 30.4 Å². The van der Waals surface area contributed by atoms with E-state index in [0.29, 0.717) is 35.9 Å². The van der Waals surface area contributed by atoms with Crippen molar-refractivity contribution in [1.82, 2.24) is 9.78 Å². The number of aliphatic hydroxyl groups is 1. The van der Waals surface area contributed by atoms with E-state index in [0.717, 1.165) is 4.90 Å². The van der Waals surface area contributed by atoms with Gasteiger partial charge in [0.05, 0.1) is 21.3 Å². The second-order valence-electron chi connectivity index (χ2n) is 6.23. The van der Waals surface area contributed by atoms with Crippen LogP contribution < -0.4 is 14.4 Å². The molecule has 2 heterocycles. The zero-order valence-corrected chi connectivity index (χ0v) is 16.1. The van der Waals surface area contributed by atoms with Crippen LogP contribution in [0.15, 0.2) is 22.6 Å². The van der Waals surface area contributed by atoms with Crippen molar-refractivity contribution in [3.63, 3.8) is 0 Å². The highest BCUT2D eigenvalue weighted by atomic mass is 32.1. The zero-order valence-electron chi connectivity index (χ0n) is 15.3. The van der Waals surface area contributed by atoms with Crippen molar-refractivity contribution in [3.05, 3.63) is 23.0 Å². The van der Waals surface area contributed by atoms with Gasteiger partial charge in [0.2, 0.25) is 5.89 Å². The van der Waals surface area contributed by atoms with Crippen LogP contribution in [-0.2, 0) is 16.2 Å². The maximum atomic E-state index is 11.9. The molecule has 9 nitrogen and oxygen atoms in total. The van der Waals surface area contributed by atoms with Gasteiger partial charge in [-0.2, -0.15) is 4.68 Å². The SMILES string of the molecule is COC(=O)[C@@H]1C[C@@H](O)C[NH+]1Cn1nc(-c2ccc(OC)c(OC)c2)oc1=S. The number of benzene rings is 1. The van der Waals surface area contributed by atoms with Gasteiger partial charge in [0, 0.05) is 12.0 Å². The maximum Gasteiger partial charge on any atom is 0.364 e. The van der Waals surface area contributed by atoms with Crippen LogP contribution in [0, 0.1) is 4.84 Å². The summed E-state index contributed by atoms with van der Waals surface area (Å²) in [7, 11) is 4.44. The number of hydrogen-bond donors (Lipinski definition) is 2. The van der Waals surface area contributed by atoms with E-state index >= 15 is 0 Å². The van der Waals surface area contributed by atoms with E-state index in [-0.39, 0.29) is 17.5 Å². The molecule has 3 rings (SSSR count). The van der Waals surface area contributed by atoms with E-state index in [9.17, 15) is 9.90 Å². The molecule has 0 saturated carbocycles. The summed E-state index contributed by atoms with van der Waals surface area (Å²) in [6, 6.07) is 4.82. The number of nitrogens with one attached hydrogen (secondary N) is 1. The van der Waals surface area contributed by atoms with Crippen molar-refractivity contribution in [2.24, 2.45) is 0 Å². The van der Waals surface area contributed by atoms with Crippen molar-refractivity contribution in [2.75, 3.05) is 27.9 Å². The van der Waals surface area contributed by atoms with Crippen LogP contribution in [0.2, 0.25) is 0 Å². The first-order chi connectivity index (χ1) is 13.0. The van der Waals surface area contributed by atoms with Gasteiger partial charge in [0.1, 0.15) is 12.6 Å². The van der Waals surface area contributed by atoms with Gasteiger partial charge in [-0.25, -0.2) is 4.79 Å². The topological polar surface area (TPSA) is 100 Å². The molecule has 0 spiro atoms. The van der Waals surface area contributed by atoms with Crippen molar-refractivity contribution in [1.29, 1.82) is 0 Å². The Balaban J connectivity index is 1.85. The molecule has 1 saturated heterocycles. The summed E-state index contributed by atoms with van der Waals surface area (Å²) < 4.78 is 22.5. The zero-order chi connectivity index (χ0) is 19.6. The number of carbonyl (C=O) groups is 1. The van der Waals surface area contributed by atoms with Gasteiger partial charge in [0.15, 0.2) is 24.2 Å². The quantitative estimate of drug-likeness (QED) is 0.522.